The van der Waals surface area contributed by atoms with Crippen LogP contribution in [0.2, 0.25) is 10.0 Å². The zero-order valence-electron chi connectivity index (χ0n) is 19.8. The average molecular weight is 525 g/mol. The third-order valence-electron chi connectivity index (χ3n) is 6.61. The van der Waals surface area contributed by atoms with Crippen LogP contribution in [0.15, 0.2) is 54.7 Å². The van der Waals surface area contributed by atoms with Crippen molar-refractivity contribution in [2.45, 2.75) is 38.8 Å². The highest BCUT2D eigenvalue weighted by Crippen LogP contribution is 2.44. The molecule has 1 saturated heterocycles. The van der Waals surface area contributed by atoms with E-state index in [0.29, 0.717) is 56.5 Å². The lowest BCUT2D eigenvalue weighted by Crippen LogP contribution is -2.18. The van der Waals surface area contributed by atoms with Gasteiger partial charge < -0.3 is 19.1 Å². The average Bonchev–Trinajstić information content (AvgIpc) is 3.20. The van der Waals surface area contributed by atoms with Crippen molar-refractivity contribution in [3.63, 3.8) is 0 Å². The number of carbonyl (C=O) groups excluding carboxylic acids is 1. The zero-order chi connectivity index (χ0) is 25.2. The minimum atomic E-state index is -0.391. The first-order valence-corrected chi connectivity index (χ1v) is 12.6. The van der Waals surface area contributed by atoms with Gasteiger partial charge in [0.25, 0.3) is 0 Å². The molecule has 0 atom stereocenters. The molecule has 2 aromatic carbocycles. The van der Waals surface area contributed by atoms with Gasteiger partial charge in [0.15, 0.2) is 0 Å². The maximum atomic E-state index is 12.9. The summed E-state index contributed by atoms with van der Waals surface area (Å²) >= 11 is 12.8. The Hall–Kier alpha value is -3.06. The van der Waals surface area contributed by atoms with Crippen LogP contribution in [0.5, 0.6) is 5.88 Å². The fourth-order valence-corrected chi connectivity index (χ4v) is 5.29. The number of hydrogen-bond donors (Lipinski definition) is 1. The predicted octanol–water partition coefficient (Wildman–Crippen LogP) is 6.66. The van der Waals surface area contributed by atoms with Crippen molar-refractivity contribution in [1.82, 2.24) is 9.55 Å². The Morgan fingerprint density at radius 2 is 1.92 bits per heavy atom. The first-order valence-electron chi connectivity index (χ1n) is 11.9. The van der Waals surface area contributed by atoms with Gasteiger partial charge >= 0.3 is 5.97 Å². The van der Waals surface area contributed by atoms with E-state index in [1.807, 2.05) is 54.1 Å². The van der Waals surface area contributed by atoms with E-state index >= 15 is 0 Å². The van der Waals surface area contributed by atoms with Crippen LogP contribution in [-0.2, 0) is 27.3 Å². The Kier molecular flexibility index (Phi) is 7.19. The number of aryl methyl sites for hydroxylation is 1. The normalized spacial score (nSPS) is 14.3. The number of carbonyl (C=O) groups is 1. The molecular weight excluding hydrogens is 499 g/mol. The number of pyridine rings is 1. The van der Waals surface area contributed by atoms with Gasteiger partial charge in [0, 0.05) is 52.3 Å². The molecule has 0 radical (unpaired) electrons. The van der Waals surface area contributed by atoms with Crippen LogP contribution in [-0.4, -0.2) is 33.8 Å². The molecule has 0 spiro atoms. The van der Waals surface area contributed by atoms with Gasteiger partial charge in [0.1, 0.15) is 6.61 Å². The highest BCUT2D eigenvalue weighted by molar-refractivity contribution is 6.36. The van der Waals surface area contributed by atoms with Gasteiger partial charge in [-0.3, -0.25) is 9.78 Å². The maximum absolute atomic E-state index is 12.9. The largest absolute Gasteiger partial charge is 0.494 e. The molecular formula is C28H26Cl2N2O4. The van der Waals surface area contributed by atoms with Crippen molar-refractivity contribution in [1.29, 1.82) is 0 Å². The maximum Gasteiger partial charge on any atom is 0.310 e. The number of halogens is 2. The van der Waals surface area contributed by atoms with Crippen LogP contribution in [0.25, 0.3) is 22.0 Å². The number of aromatic hydroxyl groups is 1. The standard InChI is InChI=1S/C28H26Cl2N2O4/c1-17-22(14-25(33)36-16-18-5-3-2-4-6-18)26(21-8-7-19(29)13-23(21)30)27-24(31-17)15-32(28(27)34)20-9-11-35-12-10-20/h2-8,13,15,20,34H,9-12,14,16H2,1H3. The molecule has 1 N–H and O–H groups in total. The summed E-state index contributed by atoms with van der Waals surface area (Å²) in [5.41, 5.74) is 4.21. The number of hydrogen-bond acceptors (Lipinski definition) is 5. The van der Waals surface area contributed by atoms with E-state index in [4.69, 9.17) is 37.7 Å². The SMILES string of the molecule is Cc1nc2cn(C3CCOCC3)c(O)c2c(-c2ccc(Cl)cc2Cl)c1CC(=O)OCc1ccccc1. The summed E-state index contributed by atoms with van der Waals surface area (Å²) in [4.78, 5) is 17.7. The van der Waals surface area contributed by atoms with Gasteiger partial charge in [-0.1, -0.05) is 59.6 Å². The summed E-state index contributed by atoms with van der Waals surface area (Å²) in [5.74, 6) is -0.290. The summed E-state index contributed by atoms with van der Waals surface area (Å²) in [7, 11) is 0. The summed E-state index contributed by atoms with van der Waals surface area (Å²) in [5, 5.41) is 12.9. The molecule has 36 heavy (non-hydrogen) atoms. The van der Waals surface area contributed by atoms with Gasteiger partial charge in [-0.2, -0.15) is 0 Å². The van der Waals surface area contributed by atoms with Gasteiger partial charge in [-0.15, -0.1) is 0 Å². The van der Waals surface area contributed by atoms with Gasteiger partial charge in [0.2, 0.25) is 5.88 Å². The molecule has 1 fully saturated rings. The Morgan fingerprint density at radius 1 is 1.17 bits per heavy atom. The minimum absolute atomic E-state index is 0.0161. The minimum Gasteiger partial charge on any atom is -0.494 e. The third kappa shape index (κ3) is 4.94. The van der Waals surface area contributed by atoms with E-state index in [9.17, 15) is 9.90 Å². The summed E-state index contributed by atoms with van der Waals surface area (Å²) in [6, 6.07) is 14.8. The molecule has 5 rings (SSSR count). The lowest BCUT2D eigenvalue weighted by molar-refractivity contribution is -0.144. The Morgan fingerprint density at radius 3 is 2.64 bits per heavy atom. The van der Waals surface area contributed by atoms with Crippen LogP contribution in [0.3, 0.4) is 0 Å². The van der Waals surface area contributed by atoms with E-state index in [-0.39, 0.29) is 24.9 Å². The molecule has 186 valence electrons. The molecule has 0 unspecified atom stereocenters. The number of benzene rings is 2. The number of aromatic nitrogens is 2. The van der Waals surface area contributed by atoms with Crippen LogP contribution < -0.4 is 0 Å². The van der Waals surface area contributed by atoms with Gasteiger partial charge in [-0.25, -0.2) is 0 Å². The smallest absolute Gasteiger partial charge is 0.310 e. The van der Waals surface area contributed by atoms with Crippen LogP contribution in [0.4, 0.5) is 0 Å². The molecule has 0 aliphatic carbocycles. The number of rotatable bonds is 6. The Balaban J connectivity index is 1.60. The molecule has 4 aromatic rings. The highest BCUT2D eigenvalue weighted by atomic mass is 35.5. The van der Waals surface area contributed by atoms with E-state index < -0.39 is 5.97 Å². The van der Waals surface area contributed by atoms with Gasteiger partial charge in [-0.05, 0) is 43.0 Å². The topological polar surface area (TPSA) is 73.6 Å². The summed E-state index contributed by atoms with van der Waals surface area (Å²) in [6.07, 6.45) is 3.45. The van der Waals surface area contributed by atoms with Crippen LogP contribution in [0.1, 0.15) is 35.7 Å². The Bertz CT molecular complexity index is 1410. The Labute approximate surface area is 219 Å². The number of nitrogens with zero attached hydrogens (tertiary/aromatic N) is 2. The molecule has 3 heterocycles. The monoisotopic (exact) mass is 524 g/mol. The van der Waals surface area contributed by atoms with E-state index in [2.05, 4.69) is 0 Å². The first kappa shape index (κ1) is 24.6. The second-order valence-electron chi connectivity index (χ2n) is 8.96. The van der Waals surface area contributed by atoms with Crippen molar-refractivity contribution in [2.75, 3.05) is 13.2 Å². The third-order valence-corrected chi connectivity index (χ3v) is 7.16. The molecule has 6 nitrogen and oxygen atoms in total. The zero-order valence-corrected chi connectivity index (χ0v) is 21.4. The van der Waals surface area contributed by atoms with Crippen LogP contribution >= 0.6 is 23.2 Å². The number of ether oxygens (including phenoxy) is 2. The molecule has 0 amide bonds. The van der Waals surface area contributed by atoms with Crippen LogP contribution in [0, 0.1) is 6.92 Å². The molecule has 2 aromatic heterocycles. The summed E-state index contributed by atoms with van der Waals surface area (Å²) < 4.78 is 12.9. The second kappa shape index (κ2) is 10.5. The lowest BCUT2D eigenvalue weighted by Gasteiger charge is -2.24. The highest BCUT2D eigenvalue weighted by Gasteiger charge is 2.27. The predicted molar refractivity (Wildman–Crippen MR) is 141 cm³/mol. The lowest BCUT2D eigenvalue weighted by atomic mass is 9.93. The number of esters is 1. The van der Waals surface area contributed by atoms with E-state index in [1.165, 1.54) is 0 Å². The number of fused-ring (bicyclic) bond motifs is 1. The molecule has 0 bridgehead atoms. The van der Waals surface area contributed by atoms with Crippen molar-refractivity contribution < 1.29 is 19.4 Å². The molecule has 8 heteroatoms. The second-order valence-corrected chi connectivity index (χ2v) is 9.81. The van der Waals surface area contributed by atoms with Crippen molar-refractivity contribution in [3.05, 3.63) is 81.6 Å². The quantitative estimate of drug-likeness (QED) is 0.285. The first-order chi connectivity index (χ1) is 17.4. The summed E-state index contributed by atoms with van der Waals surface area (Å²) in [6.45, 7) is 3.31. The molecule has 1 aliphatic rings. The fourth-order valence-electron chi connectivity index (χ4n) is 4.79. The van der Waals surface area contributed by atoms with Crippen molar-refractivity contribution in [3.8, 4) is 17.0 Å². The van der Waals surface area contributed by atoms with Crippen molar-refractivity contribution in [2.24, 2.45) is 0 Å². The molecule has 0 saturated carbocycles. The van der Waals surface area contributed by atoms with E-state index in [0.717, 1.165) is 18.4 Å². The molecule has 1 aliphatic heterocycles. The van der Waals surface area contributed by atoms with Crippen molar-refractivity contribution >= 4 is 40.1 Å². The fraction of sp³-hybridized carbons (Fsp3) is 0.286. The van der Waals surface area contributed by atoms with Gasteiger partial charge in [0.05, 0.1) is 17.3 Å². The van der Waals surface area contributed by atoms with E-state index in [1.54, 1.807) is 12.1 Å².